The second kappa shape index (κ2) is 10.3. The van der Waals surface area contributed by atoms with Gasteiger partial charge in [0.1, 0.15) is 6.61 Å². The summed E-state index contributed by atoms with van der Waals surface area (Å²) in [5, 5.41) is 3.13. The molecule has 138 valence electrons. The lowest BCUT2D eigenvalue weighted by Gasteiger charge is -2.19. The molecule has 1 unspecified atom stereocenters. The minimum Gasteiger partial charge on any atom is -0.367 e. The van der Waals surface area contributed by atoms with Crippen LogP contribution in [0, 0.1) is 0 Å². The molecule has 0 radical (unpaired) electrons. The molecule has 27 heavy (non-hydrogen) atoms. The van der Waals surface area contributed by atoms with E-state index >= 15 is 0 Å². The van der Waals surface area contributed by atoms with Gasteiger partial charge in [0.25, 0.3) is 0 Å². The molecule has 3 aromatic carbocycles. The summed E-state index contributed by atoms with van der Waals surface area (Å²) in [6, 6.07) is 30.3. The number of rotatable bonds is 9. The SMILES string of the molecule is O=C(COCc1ccccc1)NC(CCc1ccccc1)c1ccccc1. The van der Waals surface area contributed by atoms with Gasteiger partial charge < -0.3 is 10.1 Å². The first-order chi connectivity index (χ1) is 13.3. The van der Waals surface area contributed by atoms with Crippen LogP contribution in [0.15, 0.2) is 91.0 Å². The average Bonchev–Trinajstić information content (AvgIpc) is 2.73. The third-order valence-electron chi connectivity index (χ3n) is 4.45. The number of hydrogen-bond donors (Lipinski definition) is 1. The molecule has 0 spiro atoms. The summed E-state index contributed by atoms with van der Waals surface area (Å²) in [7, 11) is 0. The molecule has 1 amide bonds. The lowest BCUT2D eigenvalue weighted by molar-refractivity contribution is -0.126. The van der Waals surface area contributed by atoms with Crippen LogP contribution in [0.1, 0.15) is 29.2 Å². The Morgan fingerprint density at radius 1 is 0.778 bits per heavy atom. The van der Waals surface area contributed by atoms with Gasteiger partial charge >= 0.3 is 0 Å². The van der Waals surface area contributed by atoms with Crippen molar-refractivity contribution >= 4 is 5.91 Å². The number of aryl methyl sites for hydroxylation is 1. The van der Waals surface area contributed by atoms with Crippen molar-refractivity contribution in [3.05, 3.63) is 108 Å². The van der Waals surface area contributed by atoms with Crippen LogP contribution in [-0.4, -0.2) is 12.5 Å². The van der Waals surface area contributed by atoms with Gasteiger partial charge in [0.05, 0.1) is 12.6 Å². The molecule has 1 N–H and O–H groups in total. The molecule has 0 aliphatic heterocycles. The van der Waals surface area contributed by atoms with Crippen molar-refractivity contribution in [2.45, 2.75) is 25.5 Å². The minimum absolute atomic E-state index is 0.0285. The van der Waals surface area contributed by atoms with Crippen LogP contribution in [0.25, 0.3) is 0 Å². The van der Waals surface area contributed by atoms with E-state index in [2.05, 4.69) is 29.6 Å². The topological polar surface area (TPSA) is 38.3 Å². The van der Waals surface area contributed by atoms with E-state index in [1.807, 2.05) is 66.7 Å². The number of carbonyl (C=O) groups excluding carboxylic acids is 1. The summed E-state index contributed by atoms with van der Waals surface area (Å²) < 4.78 is 5.57. The Balaban J connectivity index is 1.54. The van der Waals surface area contributed by atoms with Crippen molar-refractivity contribution in [2.24, 2.45) is 0 Å². The standard InChI is InChI=1S/C24H25NO2/c26-24(19-27-18-21-12-6-2-7-13-21)25-23(22-14-8-3-9-15-22)17-16-20-10-4-1-5-11-20/h1-15,23H,16-19H2,(H,25,26). The van der Waals surface area contributed by atoms with Crippen molar-refractivity contribution in [3.8, 4) is 0 Å². The fourth-order valence-corrected chi connectivity index (χ4v) is 3.04. The van der Waals surface area contributed by atoms with Gasteiger partial charge in [0.15, 0.2) is 0 Å². The summed E-state index contributed by atoms with van der Waals surface area (Å²) in [5.74, 6) is -0.0900. The lowest BCUT2D eigenvalue weighted by atomic mass is 9.99. The normalized spacial score (nSPS) is 11.7. The summed E-state index contributed by atoms with van der Waals surface area (Å²) in [6.07, 6.45) is 1.75. The van der Waals surface area contributed by atoms with Gasteiger partial charge in [-0.05, 0) is 29.5 Å². The number of amides is 1. The molecule has 3 nitrogen and oxygen atoms in total. The van der Waals surface area contributed by atoms with E-state index in [1.54, 1.807) is 0 Å². The Morgan fingerprint density at radius 3 is 1.96 bits per heavy atom. The minimum atomic E-state index is -0.0900. The zero-order chi connectivity index (χ0) is 18.7. The third-order valence-corrected chi connectivity index (χ3v) is 4.45. The smallest absolute Gasteiger partial charge is 0.246 e. The van der Waals surface area contributed by atoms with E-state index < -0.39 is 0 Å². The molecule has 0 aliphatic carbocycles. The number of nitrogens with one attached hydrogen (secondary N) is 1. The van der Waals surface area contributed by atoms with E-state index in [1.165, 1.54) is 5.56 Å². The van der Waals surface area contributed by atoms with Crippen LogP contribution in [0.5, 0.6) is 0 Å². The Labute approximate surface area is 161 Å². The highest BCUT2D eigenvalue weighted by Crippen LogP contribution is 2.19. The molecule has 0 heterocycles. The van der Waals surface area contributed by atoms with Crippen molar-refractivity contribution in [1.29, 1.82) is 0 Å². The fraction of sp³-hybridized carbons (Fsp3) is 0.208. The monoisotopic (exact) mass is 359 g/mol. The van der Waals surface area contributed by atoms with Crippen LogP contribution in [-0.2, 0) is 22.6 Å². The van der Waals surface area contributed by atoms with E-state index in [4.69, 9.17) is 4.74 Å². The highest BCUT2D eigenvalue weighted by molar-refractivity contribution is 5.77. The van der Waals surface area contributed by atoms with E-state index in [9.17, 15) is 4.79 Å². The Kier molecular flexibility index (Phi) is 7.19. The number of carbonyl (C=O) groups is 1. The first kappa shape index (κ1) is 18.9. The predicted octanol–water partition coefficient (Wildman–Crippen LogP) is 4.69. The molecule has 3 aromatic rings. The zero-order valence-electron chi connectivity index (χ0n) is 15.4. The van der Waals surface area contributed by atoms with E-state index in [0.717, 1.165) is 24.0 Å². The largest absolute Gasteiger partial charge is 0.367 e. The zero-order valence-corrected chi connectivity index (χ0v) is 15.4. The molecule has 3 rings (SSSR count). The van der Waals surface area contributed by atoms with Crippen molar-refractivity contribution < 1.29 is 9.53 Å². The van der Waals surface area contributed by atoms with Crippen LogP contribution >= 0.6 is 0 Å². The molecule has 0 saturated carbocycles. The summed E-state index contributed by atoms with van der Waals surface area (Å²) >= 11 is 0. The van der Waals surface area contributed by atoms with E-state index in [0.29, 0.717) is 6.61 Å². The summed E-state index contributed by atoms with van der Waals surface area (Å²) in [6.45, 7) is 0.498. The Hall–Kier alpha value is -2.91. The molecular formula is C24H25NO2. The number of hydrogen-bond acceptors (Lipinski definition) is 2. The Morgan fingerprint density at radius 2 is 1.33 bits per heavy atom. The molecule has 0 aromatic heterocycles. The first-order valence-corrected chi connectivity index (χ1v) is 9.31. The van der Waals surface area contributed by atoms with E-state index in [-0.39, 0.29) is 18.6 Å². The molecule has 0 aliphatic rings. The Bertz CT molecular complexity index is 804. The summed E-state index contributed by atoms with van der Waals surface area (Å²) in [5.41, 5.74) is 3.45. The van der Waals surface area contributed by atoms with Gasteiger partial charge in [0, 0.05) is 0 Å². The van der Waals surface area contributed by atoms with Crippen molar-refractivity contribution in [3.63, 3.8) is 0 Å². The molecule has 3 heteroatoms. The van der Waals surface area contributed by atoms with Gasteiger partial charge in [-0.15, -0.1) is 0 Å². The van der Waals surface area contributed by atoms with Gasteiger partial charge in [0.2, 0.25) is 5.91 Å². The second-order valence-corrected chi connectivity index (χ2v) is 6.53. The quantitative estimate of drug-likeness (QED) is 0.602. The van der Waals surface area contributed by atoms with Gasteiger partial charge in [-0.25, -0.2) is 0 Å². The molecule has 0 saturated heterocycles. The fourth-order valence-electron chi connectivity index (χ4n) is 3.04. The van der Waals surface area contributed by atoms with Gasteiger partial charge in [-0.3, -0.25) is 4.79 Å². The van der Waals surface area contributed by atoms with Crippen LogP contribution < -0.4 is 5.32 Å². The second-order valence-electron chi connectivity index (χ2n) is 6.53. The third kappa shape index (κ3) is 6.39. The number of ether oxygens (including phenoxy) is 1. The van der Waals surface area contributed by atoms with Crippen LogP contribution in [0.3, 0.4) is 0 Å². The maximum Gasteiger partial charge on any atom is 0.246 e. The predicted molar refractivity (Wildman–Crippen MR) is 108 cm³/mol. The maximum atomic E-state index is 12.4. The molecule has 0 bridgehead atoms. The number of benzene rings is 3. The summed E-state index contributed by atoms with van der Waals surface area (Å²) in [4.78, 5) is 12.4. The lowest BCUT2D eigenvalue weighted by Crippen LogP contribution is -2.32. The first-order valence-electron chi connectivity index (χ1n) is 9.31. The molecular weight excluding hydrogens is 334 g/mol. The van der Waals surface area contributed by atoms with Crippen LogP contribution in [0.4, 0.5) is 0 Å². The van der Waals surface area contributed by atoms with Crippen molar-refractivity contribution in [2.75, 3.05) is 6.61 Å². The maximum absolute atomic E-state index is 12.4. The van der Waals surface area contributed by atoms with Crippen molar-refractivity contribution in [1.82, 2.24) is 5.32 Å². The van der Waals surface area contributed by atoms with Crippen LogP contribution in [0.2, 0.25) is 0 Å². The van der Waals surface area contributed by atoms with Gasteiger partial charge in [-0.2, -0.15) is 0 Å². The molecule has 0 fully saturated rings. The molecule has 1 atom stereocenters. The highest BCUT2D eigenvalue weighted by atomic mass is 16.5. The van der Waals surface area contributed by atoms with Gasteiger partial charge in [-0.1, -0.05) is 91.0 Å². The highest BCUT2D eigenvalue weighted by Gasteiger charge is 2.14. The average molecular weight is 359 g/mol.